The van der Waals surface area contributed by atoms with Crippen molar-refractivity contribution < 1.29 is 9.53 Å². The summed E-state index contributed by atoms with van der Waals surface area (Å²) in [6.45, 7) is 1.89. The molecule has 4 aromatic rings. The summed E-state index contributed by atoms with van der Waals surface area (Å²) in [4.78, 5) is 25.3. The topological polar surface area (TPSA) is 65.0 Å². The number of para-hydroxylation sites is 3. The number of esters is 1. The lowest BCUT2D eigenvalue weighted by Crippen LogP contribution is -2.09. The van der Waals surface area contributed by atoms with Crippen molar-refractivity contribution >= 4 is 39.5 Å². The first-order valence-electron chi connectivity index (χ1n) is 8.06. The molecular formula is C20H14ClN3O2. The van der Waals surface area contributed by atoms with Crippen LogP contribution in [-0.4, -0.2) is 20.9 Å². The lowest BCUT2D eigenvalue weighted by atomic mass is 10.1. The minimum atomic E-state index is -0.563. The average Bonchev–Trinajstić information content (AvgIpc) is 2.69. The molecule has 0 saturated heterocycles. The number of carbonyl (C=O) groups is 1. The minimum absolute atomic E-state index is 0.0299. The van der Waals surface area contributed by atoms with E-state index < -0.39 is 5.97 Å². The van der Waals surface area contributed by atoms with Crippen LogP contribution in [-0.2, 0) is 11.3 Å². The molecule has 0 fully saturated rings. The zero-order chi connectivity index (χ0) is 18.1. The number of carbonyl (C=O) groups excluding carboxylic acids is 1. The monoisotopic (exact) mass is 363 g/mol. The summed E-state index contributed by atoms with van der Waals surface area (Å²) in [6, 6.07) is 15.0. The molecule has 0 spiro atoms. The van der Waals surface area contributed by atoms with Crippen molar-refractivity contribution in [3.8, 4) is 0 Å². The van der Waals surface area contributed by atoms with E-state index >= 15 is 0 Å². The number of nitrogens with zero attached hydrogens (tertiary/aromatic N) is 3. The fourth-order valence-corrected chi connectivity index (χ4v) is 2.98. The van der Waals surface area contributed by atoms with E-state index in [1.54, 1.807) is 6.07 Å². The highest BCUT2D eigenvalue weighted by atomic mass is 35.5. The van der Waals surface area contributed by atoms with E-state index in [0.29, 0.717) is 16.2 Å². The highest BCUT2D eigenvalue weighted by Gasteiger charge is 2.15. The highest BCUT2D eigenvalue weighted by Crippen LogP contribution is 2.27. The molecule has 0 saturated carbocycles. The van der Waals surface area contributed by atoms with E-state index in [-0.39, 0.29) is 12.3 Å². The Morgan fingerprint density at radius 1 is 1.00 bits per heavy atom. The van der Waals surface area contributed by atoms with Gasteiger partial charge in [-0.05, 0) is 30.7 Å². The zero-order valence-electron chi connectivity index (χ0n) is 13.9. The number of ether oxygens (including phenoxy) is 1. The van der Waals surface area contributed by atoms with Crippen LogP contribution in [0.1, 0.15) is 21.7 Å². The van der Waals surface area contributed by atoms with Gasteiger partial charge >= 0.3 is 5.97 Å². The Balaban J connectivity index is 1.59. The summed E-state index contributed by atoms with van der Waals surface area (Å²) < 4.78 is 5.36. The first-order valence-corrected chi connectivity index (χ1v) is 8.44. The van der Waals surface area contributed by atoms with E-state index in [0.717, 1.165) is 22.0 Å². The predicted molar refractivity (Wildman–Crippen MR) is 100 cm³/mol. The fraction of sp³-hybridized carbons (Fsp3) is 0.100. The Morgan fingerprint density at radius 3 is 2.50 bits per heavy atom. The van der Waals surface area contributed by atoms with Gasteiger partial charge in [-0.3, -0.25) is 4.98 Å². The van der Waals surface area contributed by atoms with Crippen LogP contribution in [0.2, 0.25) is 5.02 Å². The lowest BCUT2D eigenvalue weighted by molar-refractivity contribution is 0.0461. The molecule has 0 aliphatic carbocycles. The van der Waals surface area contributed by atoms with E-state index in [1.807, 2.05) is 49.4 Å². The Morgan fingerprint density at radius 2 is 1.69 bits per heavy atom. The third kappa shape index (κ3) is 2.97. The van der Waals surface area contributed by atoms with Gasteiger partial charge in [0.15, 0.2) is 5.69 Å². The molecule has 26 heavy (non-hydrogen) atoms. The van der Waals surface area contributed by atoms with Gasteiger partial charge in [0.25, 0.3) is 0 Å². The quantitative estimate of drug-likeness (QED) is 0.501. The van der Waals surface area contributed by atoms with E-state index in [9.17, 15) is 4.79 Å². The molecule has 4 rings (SSSR count). The summed E-state index contributed by atoms with van der Waals surface area (Å²) >= 11 is 6.40. The van der Waals surface area contributed by atoms with Crippen LogP contribution in [0.4, 0.5) is 0 Å². The van der Waals surface area contributed by atoms with Crippen molar-refractivity contribution in [2.75, 3.05) is 0 Å². The van der Waals surface area contributed by atoms with Gasteiger partial charge in [0.05, 0.1) is 33.5 Å². The molecule has 0 aliphatic rings. The standard InChI is InChI=1S/C20H14ClN3O2/c1-12-13-6-2-3-7-14(13)23-18(19(12)21)11-26-20(25)17-10-22-15-8-4-5-9-16(15)24-17/h2-10H,11H2,1H3. The number of halogens is 1. The Kier molecular flexibility index (Phi) is 4.22. The Hall–Kier alpha value is -3.05. The number of benzene rings is 2. The normalized spacial score (nSPS) is 11.0. The molecule has 0 amide bonds. The van der Waals surface area contributed by atoms with Gasteiger partial charge in [0.2, 0.25) is 0 Å². The molecule has 0 radical (unpaired) electrons. The lowest BCUT2D eigenvalue weighted by Gasteiger charge is -2.10. The molecule has 0 unspecified atom stereocenters. The van der Waals surface area contributed by atoms with Crippen LogP contribution in [0.15, 0.2) is 54.7 Å². The molecule has 0 aliphatic heterocycles. The Labute approximate surface area is 154 Å². The minimum Gasteiger partial charge on any atom is -0.454 e. The number of fused-ring (bicyclic) bond motifs is 2. The highest BCUT2D eigenvalue weighted by molar-refractivity contribution is 6.32. The molecule has 6 heteroatoms. The predicted octanol–water partition coefficient (Wildman–Crippen LogP) is 4.50. The smallest absolute Gasteiger partial charge is 0.358 e. The SMILES string of the molecule is Cc1c(Cl)c(COC(=O)c2cnc3ccccc3n2)nc2ccccc12. The van der Waals surface area contributed by atoms with Crippen LogP contribution in [0.25, 0.3) is 21.9 Å². The number of aromatic nitrogens is 3. The van der Waals surface area contributed by atoms with Gasteiger partial charge in [-0.2, -0.15) is 0 Å². The van der Waals surface area contributed by atoms with Crippen LogP contribution < -0.4 is 0 Å². The van der Waals surface area contributed by atoms with E-state index in [2.05, 4.69) is 15.0 Å². The number of aryl methyl sites for hydroxylation is 1. The largest absolute Gasteiger partial charge is 0.454 e. The van der Waals surface area contributed by atoms with Gasteiger partial charge in [-0.25, -0.2) is 14.8 Å². The number of hydrogen-bond acceptors (Lipinski definition) is 5. The van der Waals surface area contributed by atoms with Crippen molar-refractivity contribution in [2.24, 2.45) is 0 Å². The molecule has 2 aromatic carbocycles. The van der Waals surface area contributed by atoms with Gasteiger partial charge in [0.1, 0.15) is 6.61 Å². The van der Waals surface area contributed by atoms with Gasteiger partial charge in [-0.1, -0.05) is 41.9 Å². The second-order valence-electron chi connectivity index (χ2n) is 5.83. The van der Waals surface area contributed by atoms with Gasteiger partial charge in [-0.15, -0.1) is 0 Å². The third-order valence-electron chi connectivity index (χ3n) is 4.14. The summed E-state index contributed by atoms with van der Waals surface area (Å²) in [6.07, 6.45) is 1.41. The molecule has 0 atom stereocenters. The maximum absolute atomic E-state index is 12.3. The first kappa shape index (κ1) is 16.4. The zero-order valence-corrected chi connectivity index (χ0v) is 14.7. The van der Waals surface area contributed by atoms with Crippen LogP contribution >= 0.6 is 11.6 Å². The van der Waals surface area contributed by atoms with Crippen molar-refractivity contribution in [1.82, 2.24) is 15.0 Å². The molecule has 5 nitrogen and oxygen atoms in total. The molecular weight excluding hydrogens is 350 g/mol. The molecule has 2 heterocycles. The number of hydrogen-bond donors (Lipinski definition) is 0. The number of pyridine rings is 1. The van der Waals surface area contributed by atoms with E-state index in [4.69, 9.17) is 16.3 Å². The second kappa shape index (κ2) is 6.69. The van der Waals surface area contributed by atoms with Gasteiger partial charge < -0.3 is 4.74 Å². The maximum atomic E-state index is 12.3. The maximum Gasteiger partial charge on any atom is 0.358 e. The third-order valence-corrected chi connectivity index (χ3v) is 4.65. The summed E-state index contributed by atoms with van der Waals surface area (Å²) in [7, 11) is 0. The van der Waals surface area contributed by atoms with Crippen LogP contribution in [0.5, 0.6) is 0 Å². The van der Waals surface area contributed by atoms with Crippen LogP contribution in [0, 0.1) is 6.92 Å². The fourth-order valence-electron chi connectivity index (χ4n) is 2.78. The van der Waals surface area contributed by atoms with E-state index in [1.165, 1.54) is 6.20 Å². The first-order chi connectivity index (χ1) is 12.6. The van der Waals surface area contributed by atoms with Crippen molar-refractivity contribution in [3.05, 3.63) is 76.7 Å². The average molecular weight is 364 g/mol. The van der Waals surface area contributed by atoms with Gasteiger partial charge in [0, 0.05) is 5.39 Å². The molecule has 0 N–H and O–H groups in total. The molecule has 128 valence electrons. The van der Waals surface area contributed by atoms with Crippen molar-refractivity contribution in [3.63, 3.8) is 0 Å². The van der Waals surface area contributed by atoms with Crippen molar-refractivity contribution in [1.29, 1.82) is 0 Å². The van der Waals surface area contributed by atoms with Crippen LogP contribution in [0.3, 0.4) is 0 Å². The summed E-state index contributed by atoms with van der Waals surface area (Å²) in [5, 5.41) is 1.48. The molecule has 2 aromatic heterocycles. The van der Waals surface area contributed by atoms with Crippen molar-refractivity contribution in [2.45, 2.75) is 13.5 Å². The number of rotatable bonds is 3. The molecule has 0 bridgehead atoms. The second-order valence-corrected chi connectivity index (χ2v) is 6.21. The summed E-state index contributed by atoms with van der Waals surface area (Å²) in [5.41, 5.74) is 3.75. The Bertz CT molecular complexity index is 1140. The summed E-state index contributed by atoms with van der Waals surface area (Å²) in [5.74, 6) is -0.563.